The zero-order chi connectivity index (χ0) is 18.0. The van der Waals surface area contributed by atoms with Crippen molar-refractivity contribution in [2.75, 3.05) is 33.2 Å². The minimum absolute atomic E-state index is 0.545. The first-order valence-corrected chi connectivity index (χ1v) is 9.10. The Bertz CT molecular complexity index is 729. The average molecular weight is 339 g/mol. The summed E-state index contributed by atoms with van der Waals surface area (Å²) in [6, 6.07) is 0. The highest BCUT2D eigenvalue weighted by Crippen LogP contribution is 2.29. The molecule has 2 heterocycles. The Labute approximate surface area is 151 Å². The third-order valence-corrected chi connectivity index (χ3v) is 4.97. The molecule has 0 N–H and O–H groups in total. The van der Waals surface area contributed by atoms with Crippen LogP contribution in [0.4, 0.5) is 0 Å². The number of aromatic nitrogens is 3. The Kier molecular flexibility index (Phi) is 5.23. The van der Waals surface area contributed by atoms with E-state index in [1.165, 1.54) is 5.57 Å². The summed E-state index contributed by atoms with van der Waals surface area (Å²) in [6.07, 6.45) is 9.73. The van der Waals surface area contributed by atoms with E-state index in [-0.39, 0.29) is 0 Å². The summed E-state index contributed by atoms with van der Waals surface area (Å²) in [6.45, 7) is 14.7. The van der Waals surface area contributed by atoms with Crippen LogP contribution in [0.5, 0.6) is 0 Å². The Morgan fingerprint density at radius 3 is 2.64 bits per heavy atom. The molecular formula is C20H29N5. The third kappa shape index (κ3) is 3.76. The van der Waals surface area contributed by atoms with E-state index in [2.05, 4.69) is 66.7 Å². The fourth-order valence-corrected chi connectivity index (χ4v) is 3.47. The van der Waals surface area contributed by atoms with Gasteiger partial charge in [-0.05, 0) is 38.8 Å². The summed E-state index contributed by atoms with van der Waals surface area (Å²) < 4.78 is 1.98. The molecular weight excluding hydrogens is 310 g/mol. The van der Waals surface area contributed by atoms with E-state index in [0.717, 1.165) is 55.6 Å². The molecule has 0 radical (unpaired) electrons. The summed E-state index contributed by atoms with van der Waals surface area (Å²) in [5.74, 6) is 2.19. The summed E-state index contributed by atoms with van der Waals surface area (Å²) in [5, 5.41) is 4.69. The number of rotatable bonds is 4. The maximum Gasteiger partial charge on any atom is 0.178 e. The quantitative estimate of drug-likeness (QED) is 0.844. The SMILES string of the molecule is C=C(c1nc(C)nn1/C(=C\C)C1=CC=CC(C)C1)N1CCN(C)CC1. The van der Waals surface area contributed by atoms with Gasteiger partial charge in [0, 0.05) is 26.2 Å². The highest BCUT2D eigenvalue weighted by molar-refractivity contribution is 5.69. The summed E-state index contributed by atoms with van der Waals surface area (Å²) >= 11 is 0. The van der Waals surface area contributed by atoms with Crippen LogP contribution in [0.1, 0.15) is 31.9 Å². The van der Waals surface area contributed by atoms with Gasteiger partial charge in [-0.25, -0.2) is 9.67 Å². The van der Waals surface area contributed by atoms with Crippen LogP contribution in [-0.2, 0) is 0 Å². The predicted molar refractivity (Wildman–Crippen MR) is 104 cm³/mol. The van der Waals surface area contributed by atoms with Crippen LogP contribution >= 0.6 is 0 Å². The van der Waals surface area contributed by atoms with E-state index in [9.17, 15) is 0 Å². The predicted octanol–water partition coefficient (Wildman–Crippen LogP) is 3.19. The normalized spacial score (nSPS) is 22.2. The van der Waals surface area contributed by atoms with Crippen LogP contribution < -0.4 is 0 Å². The molecule has 1 saturated heterocycles. The van der Waals surface area contributed by atoms with Gasteiger partial charge in [0.2, 0.25) is 0 Å². The van der Waals surface area contributed by atoms with Crippen molar-refractivity contribution in [1.82, 2.24) is 24.6 Å². The van der Waals surface area contributed by atoms with Gasteiger partial charge >= 0.3 is 0 Å². The molecule has 0 saturated carbocycles. The molecule has 1 aromatic rings. The molecule has 134 valence electrons. The molecule has 1 aromatic heterocycles. The molecule has 1 aliphatic carbocycles. The van der Waals surface area contributed by atoms with Crippen molar-refractivity contribution in [2.24, 2.45) is 5.92 Å². The van der Waals surface area contributed by atoms with Crippen LogP contribution in [0.25, 0.3) is 11.4 Å². The van der Waals surface area contributed by atoms with Crippen molar-refractivity contribution in [2.45, 2.75) is 27.2 Å². The second-order valence-corrected chi connectivity index (χ2v) is 7.06. The standard InChI is InChI=1S/C20H29N5/c1-6-19(18-9-7-8-15(2)14-18)25-20(21-17(4)22-25)16(3)24-12-10-23(5)11-13-24/h6-9,15H,3,10-14H2,1-2,4-5H3/b19-6-. The van der Waals surface area contributed by atoms with Crippen LogP contribution in [0.3, 0.4) is 0 Å². The number of nitrogens with zero attached hydrogens (tertiary/aromatic N) is 5. The molecule has 2 aliphatic rings. The Balaban J connectivity index is 1.91. The first-order chi connectivity index (χ1) is 12.0. The molecule has 1 unspecified atom stereocenters. The molecule has 0 amide bonds. The molecule has 0 spiro atoms. The highest BCUT2D eigenvalue weighted by atomic mass is 15.4. The Morgan fingerprint density at radius 1 is 1.28 bits per heavy atom. The average Bonchev–Trinajstić information content (AvgIpc) is 2.97. The number of piperazine rings is 1. The maximum absolute atomic E-state index is 4.70. The second-order valence-electron chi connectivity index (χ2n) is 7.06. The molecule has 3 rings (SSSR count). The van der Waals surface area contributed by atoms with Gasteiger partial charge in [0.1, 0.15) is 5.82 Å². The van der Waals surface area contributed by atoms with Gasteiger partial charge < -0.3 is 9.80 Å². The number of aryl methyl sites for hydroxylation is 1. The molecule has 5 nitrogen and oxygen atoms in total. The first-order valence-electron chi connectivity index (χ1n) is 9.10. The van der Waals surface area contributed by atoms with E-state index >= 15 is 0 Å². The smallest absolute Gasteiger partial charge is 0.178 e. The molecule has 0 bridgehead atoms. The third-order valence-electron chi connectivity index (χ3n) is 4.97. The summed E-state index contributed by atoms with van der Waals surface area (Å²) in [7, 11) is 2.16. The number of hydrogen-bond donors (Lipinski definition) is 0. The number of hydrogen-bond acceptors (Lipinski definition) is 4. The van der Waals surface area contributed by atoms with Crippen LogP contribution in [-0.4, -0.2) is 57.8 Å². The van der Waals surface area contributed by atoms with Gasteiger partial charge in [-0.15, -0.1) is 0 Å². The minimum atomic E-state index is 0.545. The highest BCUT2D eigenvalue weighted by Gasteiger charge is 2.23. The molecule has 1 fully saturated rings. The Morgan fingerprint density at radius 2 is 2.00 bits per heavy atom. The van der Waals surface area contributed by atoms with Crippen molar-refractivity contribution in [3.05, 3.63) is 48.1 Å². The van der Waals surface area contributed by atoms with Crippen LogP contribution in [0, 0.1) is 12.8 Å². The molecule has 1 atom stereocenters. The summed E-state index contributed by atoms with van der Waals surface area (Å²) in [5.41, 5.74) is 3.38. The lowest BCUT2D eigenvalue weighted by Crippen LogP contribution is -2.43. The van der Waals surface area contributed by atoms with Crippen molar-refractivity contribution >= 4 is 11.4 Å². The lowest BCUT2D eigenvalue weighted by atomic mass is 9.94. The molecule has 0 aromatic carbocycles. The lowest BCUT2D eigenvalue weighted by molar-refractivity contribution is 0.206. The maximum atomic E-state index is 4.70. The van der Waals surface area contributed by atoms with Crippen LogP contribution in [0.2, 0.25) is 0 Å². The fourth-order valence-electron chi connectivity index (χ4n) is 3.47. The van der Waals surface area contributed by atoms with Gasteiger partial charge in [-0.1, -0.05) is 37.8 Å². The summed E-state index contributed by atoms with van der Waals surface area (Å²) in [4.78, 5) is 9.37. The fraction of sp³-hybridized carbons (Fsp3) is 0.500. The largest absolute Gasteiger partial charge is 0.366 e. The van der Waals surface area contributed by atoms with E-state index in [0.29, 0.717) is 5.92 Å². The number of likely N-dealkylation sites (N-methyl/N-ethyl adjacent to an activating group) is 1. The van der Waals surface area contributed by atoms with Gasteiger partial charge in [0.15, 0.2) is 5.82 Å². The van der Waals surface area contributed by atoms with Crippen molar-refractivity contribution < 1.29 is 0 Å². The van der Waals surface area contributed by atoms with Crippen molar-refractivity contribution in [3.63, 3.8) is 0 Å². The van der Waals surface area contributed by atoms with E-state index < -0.39 is 0 Å². The van der Waals surface area contributed by atoms with Gasteiger partial charge in [0.25, 0.3) is 0 Å². The van der Waals surface area contributed by atoms with Crippen molar-refractivity contribution in [3.8, 4) is 0 Å². The van der Waals surface area contributed by atoms with E-state index in [1.54, 1.807) is 0 Å². The minimum Gasteiger partial charge on any atom is -0.366 e. The van der Waals surface area contributed by atoms with Gasteiger partial charge in [0.05, 0.1) is 11.4 Å². The molecule has 1 aliphatic heterocycles. The Hall–Kier alpha value is -2.14. The zero-order valence-electron chi connectivity index (χ0n) is 15.9. The van der Waals surface area contributed by atoms with E-state index in [4.69, 9.17) is 4.98 Å². The van der Waals surface area contributed by atoms with E-state index in [1.807, 2.05) is 11.6 Å². The first kappa shape index (κ1) is 17.7. The van der Waals surface area contributed by atoms with Gasteiger partial charge in [-0.3, -0.25) is 0 Å². The molecule has 25 heavy (non-hydrogen) atoms. The van der Waals surface area contributed by atoms with Gasteiger partial charge in [-0.2, -0.15) is 5.10 Å². The van der Waals surface area contributed by atoms with Crippen LogP contribution in [0.15, 0.2) is 36.5 Å². The second kappa shape index (κ2) is 7.40. The monoisotopic (exact) mass is 339 g/mol. The topological polar surface area (TPSA) is 37.2 Å². The van der Waals surface area contributed by atoms with Crippen molar-refractivity contribution in [1.29, 1.82) is 0 Å². The zero-order valence-corrected chi connectivity index (χ0v) is 15.9. The number of allylic oxidation sites excluding steroid dienone is 6. The molecule has 5 heteroatoms. The lowest BCUT2D eigenvalue weighted by Gasteiger charge is -2.34.